The Morgan fingerprint density at radius 1 is 0.456 bits per heavy atom. The molecule has 0 bridgehead atoms. The number of aliphatic imine (C=N–C) groups is 1. The van der Waals surface area contributed by atoms with Gasteiger partial charge in [-0.3, -0.25) is 5.32 Å². The molecular weight excluding hydrogens is 733 g/mol. The third-order valence-corrected chi connectivity index (χ3v) is 13.9. The zero-order chi connectivity index (χ0) is 37.5. The van der Waals surface area contributed by atoms with Crippen molar-refractivity contribution in [3.05, 3.63) is 199 Å². The van der Waals surface area contributed by atoms with Gasteiger partial charge in [-0.2, -0.15) is 0 Å². The molecule has 6 heteroatoms. The average molecular weight is 767 g/mol. The van der Waals surface area contributed by atoms with Crippen LogP contribution in [0.3, 0.4) is 0 Å². The Hall–Kier alpha value is -6.57. The lowest BCUT2D eigenvalue weighted by Crippen LogP contribution is -2.44. The molecule has 2 atom stereocenters. The zero-order valence-corrected chi connectivity index (χ0v) is 32.3. The van der Waals surface area contributed by atoms with Gasteiger partial charge in [0.1, 0.15) is 18.2 Å². The van der Waals surface area contributed by atoms with Crippen LogP contribution in [0.2, 0.25) is 0 Å². The van der Waals surface area contributed by atoms with Gasteiger partial charge >= 0.3 is 0 Å². The van der Waals surface area contributed by atoms with Gasteiger partial charge in [0.05, 0.1) is 11.0 Å². The molecule has 57 heavy (non-hydrogen) atoms. The third-order valence-electron chi connectivity index (χ3n) is 11.5. The van der Waals surface area contributed by atoms with Gasteiger partial charge < -0.3 is 9.88 Å². The molecule has 0 saturated carbocycles. The van der Waals surface area contributed by atoms with E-state index in [1.54, 1.807) is 0 Å². The lowest BCUT2D eigenvalue weighted by Gasteiger charge is -2.32. The predicted molar refractivity (Wildman–Crippen MR) is 243 cm³/mol. The van der Waals surface area contributed by atoms with E-state index in [2.05, 4.69) is 191 Å². The molecule has 1 aliphatic heterocycles. The highest BCUT2D eigenvalue weighted by Gasteiger charge is 2.26. The van der Waals surface area contributed by atoms with E-state index >= 15 is 0 Å². The Kier molecular flexibility index (Phi) is 7.45. The number of para-hydroxylation sites is 2. The van der Waals surface area contributed by atoms with E-state index in [1.807, 2.05) is 28.7 Å². The van der Waals surface area contributed by atoms with Crippen LogP contribution >= 0.6 is 22.7 Å². The first-order valence-corrected chi connectivity index (χ1v) is 21.0. The number of amidine groups is 1. The Morgan fingerprint density at radius 2 is 1.02 bits per heavy atom. The maximum absolute atomic E-state index is 5.23. The third kappa shape index (κ3) is 5.26. The van der Waals surface area contributed by atoms with E-state index in [0.29, 0.717) is 0 Å². The van der Waals surface area contributed by atoms with E-state index in [1.165, 1.54) is 84.5 Å². The fraction of sp³-hybridized carbons (Fsp3) is 0.0392. The fourth-order valence-corrected chi connectivity index (χ4v) is 11.4. The van der Waals surface area contributed by atoms with Gasteiger partial charge in [0.2, 0.25) is 0 Å². The number of nitrogens with one attached hydrogen (secondary N) is 2. The minimum atomic E-state index is -0.208. The number of hydrogen-bond acceptors (Lipinski definition) is 5. The molecule has 1 aliphatic rings. The molecule has 2 unspecified atom stereocenters. The molecular formula is C51H34N4S2. The molecule has 0 fully saturated rings. The van der Waals surface area contributed by atoms with Crippen molar-refractivity contribution >= 4 is 90.7 Å². The maximum Gasteiger partial charge on any atom is 0.131 e. The molecule has 0 saturated heterocycles. The Bertz CT molecular complexity index is 3320. The topological polar surface area (TPSA) is 41.4 Å². The molecule has 2 N–H and O–H groups in total. The van der Waals surface area contributed by atoms with Crippen molar-refractivity contribution in [1.82, 2.24) is 15.2 Å². The zero-order valence-electron chi connectivity index (χ0n) is 30.7. The normalized spacial score (nSPS) is 15.9. The van der Waals surface area contributed by atoms with Crippen LogP contribution in [0.25, 0.3) is 79.0 Å². The van der Waals surface area contributed by atoms with E-state index < -0.39 is 0 Å². The molecule has 3 aromatic heterocycles. The molecule has 0 amide bonds. The Morgan fingerprint density at radius 3 is 1.68 bits per heavy atom. The molecule has 4 nitrogen and oxygen atoms in total. The summed E-state index contributed by atoms with van der Waals surface area (Å²) in [6.45, 7) is 0. The lowest BCUT2D eigenvalue weighted by atomic mass is 10.00. The van der Waals surface area contributed by atoms with Crippen LogP contribution in [0.5, 0.6) is 0 Å². The molecule has 0 radical (unpaired) electrons. The van der Waals surface area contributed by atoms with Gasteiger partial charge in [0.25, 0.3) is 0 Å². The van der Waals surface area contributed by atoms with Crippen molar-refractivity contribution in [2.45, 2.75) is 12.3 Å². The van der Waals surface area contributed by atoms with E-state index in [-0.39, 0.29) is 12.3 Å². The number of aromatic nitrogens is 1. The summed E-state index contributed by atoms with van der Waals surface area (Å²) in [5, 5.41) is 15.2. The highest BCUT2D eigenvalue weighted by Crippen LogP contribution is 2.46. The van der Waals surface area contributed by atoms with E-state index in [9.17, 15) is 0 Å². The van der Waals surface area contributed by atoms with Crippen molar-refractivity contribution < 1.29 is 0 Å². The largest absolute Gasteiger partial charge is 0.350 e. The van der Waals surface area contributed by atoms with Gasteiger partial charge in [-0.25, -0.2) is 4.99 Å². The minimum Gasteiger partial charge on any atom is -0.350 e. The predicted octanol–water partition coefficient (Wildman–Crippen LogP) is 13.5. The van der Waals surface area contributed by atoms with Crippen molar-refractivity contribution in [2.75, 3.05) is 0 Å². The highest BCUT2D eigenvalue weighted by molar-refractivity contribution is 7.27. The molecule has 12 rings (SSSR count). The summed E-state index contributed by atoms with van der Waals surface area (Å²) in [5.41, 5.74) is 9.62. The van der Waals surface area contributed by atoms with Crippen molar-refractivity contribution in [2.24, 2.45) is 4.99 Å². The van der Waals surface area contributed by atoms with Gasteiger partial charge in [0, 0.05) is 73.5 Å². The molecule has 0 spiro atoms. The molecule has 270 valence electrons. The first kappa shape index (κ1) is 32.7. The highest BCUT2D eigenvalue weighted by atomic mass is 32.1. The minimum absolute atomic E-state index is 0.0755. The number of benzene rings is 8. The van der Waals surface area contributed by atoms with Crippen LogP contribution in [0, 0.1) is 0 Å². The van der Waals surface area contributed by atoms with Crippen LogP contribution in [-0.2, 0) is 0 Å². The van der Waals surface area contributed by atoms with Gasteiger partial charge in [-0.15, -0.1) is 22.7 Å². The number of rotatable bonds is 5. The van der Waals surface area contributed by atoms with Crippen molar-refractivity contribution in [3.63, 3.8) is 0 Å². The SMILES string of the molecule is c1ccc(C2=NC(c3ccc4c(c3)sc3c(-c5cccc6c5sc5cc(-n7c8ccccc8c8ccccc87)ccc56)cccc34)NC(c3ccccc3)N2)cc1. The average Bonchev–Trinajstić information content (AvgIpc) is 3.96. The quantitative estimate of drug-likeness (QED) is 0.183. The van der Waals surface area contributed by atoms with Crippen LogP contribution in [-0.4, -0.2) is 10.4 Å². The molecule has 11 aromatic rings. The first-order valence-electron chi connectivity index (χ1n) is 19.4. The monoisotopic (exact) mass is 766 g/mol. The number of hydrogen-bond donors (Lipinski definition) is 2. The van der Waals surface area contributed by atoms with Gasteiger partial charge in [0.15, 0.2) is 0 Å². The van der Waals surface area contributed by atoms with E-state index in [4.69, 9.17) is 4.99 Å². The number of thiophene rings is 2. The number of fused-ring (bicyclic) bond motifs is 9. The summed E-state index contributed by atoms with van der Waals surface area (Å²) in [6.07, 6.45) is -0.283. The Labute approximate surface area is 337 Å². The summed E-state index contributed by atoms with van der Waals surface area (Å²) in [5.74, 6) is 0.894. The summed E-state index contributed by atoms with van der Waals surface area (Å²) in [6, 6.07) is 66.0. The maximum atomic E-state index is 5.23. The van der Waals surface area contributed by atoms with Crippen LogP contribution < -0.4 is 10.6 Å². The first-order chi connectivity index (χ1) is 28.2. The summed E-state index contributed by atoms with van der Waals surface area (Å²) in [4.78, 5) is 5.23. The Balaban J connectivity index is 0.967. The molecule has 8 aromatic carbocycles. The second-order valence-corrected chi connectivity index (χ2v) is 16.9. The van der Waals surface area contributed by atoms with Crippen LogP contribution in [0.4, 0.5) is 0 Å². The van der Waals surface area contributed by atoms with Crippen molar-refractivity contribution in [1.29, 1.82) is 0 Å². The van der Waals surface area contributed by atoms with Crippen molar-refractivity contribution in [3.8, 4) is 16.8 Å². The second kappa shape index (κ2) is 13.0. The summed E-state index contributed by atoms with van der Waals surface area (Å²) < 4.78 is 7.61. The molecule has 4 heterocycles. The summed E-state index contributed by atoms with van der Waals surface area (Å²) >= 11 is 3.78. The van der Waals surface area contributed by atoms with E-state index in [0.717, 1.165) is 17.0 Å². The standard InChI is InChI=1S/C51H34N4S2/c1-3-13-31(14-4-1)49-52-50(32-15-5-2-6-16-32)54-51(53-49)33-25-27-37-39-19-11-21-41(47(39)56-45(37)29-33)42-22-12-20-40-38-28-26-34(30-46(38)57-48(40)42)55-43-23-9-7-17-35(43)36-18-8-10-24-44(36)55/h1-30,49,51,53H,(H,52,54). The summed E-state index contributed by atoms with van der Waals surface area (Å²) in [7, 11) is 0. The molecule has 0 aliphatic carbocycles. The van der Waals surface area contributed by atoms with Gasteiger partial charge in [-0.1, -0.05) is 152 Å². The smallest absolute Gasteiger partial charge is 0.131 e. The van der Waals surface area contributed by atoms with Crippen LogP contribution in [0.15, 0.2) is 187 Å². The van der Waals surface area contributed by atoms with Crippen LogP contribution in [0.1, 0.15) is 29.0 Å². The number of nitrogens with zero attached hydrogens (tertiary/aromatic N) is 2. The van der Waals surface area contributed by atoms with Gasteiger partial charge in [-0.05, 0) is 41.5 Å². The second-order valence-electron chi connectivity index (χ2n) is 14.8. The fourth-order valence-electron chi connectivity index (χ4n) is 8.83. The lowest BCUT2D eigenvalue weighted by molar-refractivity contribution is 0.409.